The monoisotopic (exact) mass is 341 g/mol. The maximum Gasteiger partial charge on any atom is 0.120 e. The molecule has 1 aromatic rings. The second-order valence-electron chi connectivity index (χ2n) is 5.74. The highest BCUT2D eigenvalue weighted by Crippen LogP contribution is 2.27. The van der Waals surface area contributed by atoms with Crippen molar-refractivity contribution in [3.63, 3.8) is 0 Å². The third kappa shape index (κ3) is 6.27. The first-order valence-corrected chi connectivity index (χ1v) is 8.49. The van der Waals surface area contributed by atoms with E-state index in [2.05, 4.69) is 67.1 Å². The van der Waals surface area contributed by atoms with Crippen molar-refractivity contribution in [1.29, 1.82) is 0 Å². The van der Waals surface area contributed by atoms with Crippen LogP contribution in [0.2, 0.25) is 0 Å². The summed E-state index contributed by atoms with van der Waals surface area (Å²) in [5, 5.41) is 3.50. The van der Waals surface area contributed by atoms with Crippen LogP contribution in [0.4, 0.5) is 0 Å². The van der Waals surface area contributed by atoms with Crippen molar-refractivity contribution in [2.45, 2.75) is 53.0 Å². The van der Waals surface area contributed by atoms with Crippen molar-refractivity contribution in [1.82, 2.24) is 5.32 Å². The number of hydrogen-bond donors (Lipinski definition) is 1. The molecule has 0 radical (unpaired) electrons. The van der Waals surface area contributed by atoms with E-state index >= 15 is 0 Å². The van der Waals surface area contributed by atoms with Crippen LogP contribution in [0.25, 0.3) is 0 Å². The lowest BCUT2D eigenvalue weighted by molar-refractivity contribution is 0.297. The molecule has 0 heterocycles. The molecule has 1 rings (SSSR count). The fourth-order valence-corrected chi connectivity index (χ4v) is 2.80. The number of ether oxygens (including phenoxy) is 1. The number of halogens is 1. The lowest BCUT2D eigenvalue weighted by atomic mass is 10.1. The van der Waals surface area contributed by atoms with Crippen molar-refractivity contribution in [3.8, 4) is 5.75 Å². The van der Waals surface area contributed by atoms with E-state index in [1.54, 1.807) is 0 Å². The molecule has 20 heavy (non-hydrogen) atoms. The van der Waals surface area contributed by atoms with E-state index in [-0.39, 0.29) is 0 Å². The Morgan fingerprint density at radius 3 is 2.60 bits per heavy atom. The van der Waals surface area contributed by atoms with Crippen LogP contribution in [0.15, 0.2) is 22.7 Å². The van der Waals surface area contributed by atoms with Gasteiger partial charge in [0.25, 0.3) is 0 Å². The lowest BCUT2D eigenvalue weighted by Gasteiger charge is -2.16. The summed E-state index contributed by atoms with van der Waals surface area (Å²) >= 11 is 3.65. The maximum atomic E-state index is 5.80. The molecule has 0 aromatic heterocycles. The van der Waals surface area contributed by atoms with Gasteiger partial charge in [0.15, 0.2) is 0 Å². The van der Waals surface area contributed by atoms with Crippen LogP contribution in [0.1, 0.15) is 58.6 Å². The van der Waals surface area contributed by atoms with Crippen LogP contribution in [-0.4, -0.2) is 13.2 Å². The van der Waals surface area contributed by atoms with Crippen molar-refractivity contribution in [2.24, 2.45) is 5.92 Å². The average Bonchev–Trinajstić information content (AvgIpc) is 2.41. The van der Waals surface area contributed by atoms with Crippen LogP contribution in [0.3, 0.4) is 0 Å². The Morgan fingerprint density at radius 2 is 2.00 bits per heavy atom. The van der Waals surface area contributed by atoms with Crippen molar-refractivity contribution >= 4 is 15.9 Å². The number of benzene rings is 1. The molecule has 3 heteroatoms. The second kappa shape index (κ2) is 9.41. The quantitative estimate of drug-likeness (QED) is 0.613. The Balaban J connectivity index is 2.50. The number of rotatable bonds is 9. The molecule has 1 unspecified atom stereocenters. The normalized spacial score (nSPS) is 12.7. The van der Waals surface area contributed by atoms with E-state index < -0.39 is 0 Å². The van der Waals surface area contributed by atoms with Gasteiger partial charge in [-0.3, -0.25) is 0 Å². The van der Waals surface area contributed by atoms with E-state index in [0.717, 1.165) is 42.1 Å². The Kier molecular flexibility index (Phi) is 8.24. The zero-order chi connectivity index (χ0) is 15.0. The van der Waals surface area contributed by atoms with Gasteiger partial charge in [-0.2, -0.15) is 0 Å². The molecular weight excluding hydrogens is 314 g/mol. The van der Waals surface area contributed by atoms with Gasteiger partial charge in [-0.15, -0.1) is 0 Å². The predicted molar refractivity (Wildman–Crippen MR) is 90.4 cm³/mol. The summed E-state index contributed by atoms with van der Waals surface area (Å²) < 4.78 is 6.92. The minimum absolute atomic E-state index is 0.360. The molecule has 0 saturated carbocycles. The van der Waals surface area contributed by atoms with Crippen LogP contribution in [0.5, 0.6) is 5.75 Å². The molecule has 114 valence electrons. The summed E-state index contributed by atoms with van der Waals surface area (Å²) in [5.74, 6) is 1.70. The highest BCUT2D eigenvalue weighted by atomic mass is 79.9. The van der Waals surface area contributed by atoms with E-state index in [4.69, 9.17) is 4.74 Å². The van der Waals surface area contributed by atoms with E-state index in [1.807, 2.05) is 0 Å². The molecule has 0 aliphatic carbocycles. The average molecular weight is 342 g/mol. The van der Waals surface area contributed by atoms with Crippen molar-refractivity contribution < 1.29 is 4.74 Å². The lowest BCUT2D eigenvalue weighted by Crippen LogP contribution is -2.19. The Bertz CT molecular complexity index is 393. The van der Waals surface area contributed by atoms with E-state index in [9.17, 15) is 0 Å². The molecular formula is C17H28BrNO. The molecule has 1 aromatic carbocycles. The molecule has 2 nitrogen and oxygen atoms in total. The van der Waals surface area contributed by atoms with Gasteiger partial charge >= 0.3 is 0 Å². The summed E-state index contributed by atoms with van der Waals surface area (Å²) in [6.45, 7) is 10.7. The third-order valence-corrected chi connectivity index (χ3v) is 4.02. The number of nitrogens with one attached hydrogen (secondary N) is 1. The van der Waals surface area contributed by atoms with Crippen molar-refractivity contribution in [3.05, 3.63) is 28.2 Å². The van der Waals surface area contributed by atoms with E-state index in [1.165, 1.54) is 12.0 Å². The first kappa shape index (κ1) is 17.5. The Labute approximate surface area is 132 Å². The number of hydrogen-bond acceptors (Lipinski definition) is 2. The van der Waals surface area contributed by atoms with Gasteiger partial charge in [0.1, 0.15) is 5.75 Å². The molecule has 0 fully saturated rings. The SMILES string of the molecule is CCCNC(C)c1ccc(OCCCC(C)C)cc1Br. The van der Waals surface area contributed by atoms with Crippen LogP contribution in [-0.2, 0) is 0 Å². The van der Waals surface area contributed by atoms with Crippen molar-refractivity contribution in [2.75, 3.05) is 13.2 Å². The Morgan fingerprint density at radius 1 is 1.25 bits per heavy atom. The van der Waals surface area contributed by atoms with Gasteiger partial charge < -0.3 is 10.1 Å². The van der Waals surface area contributed by atoms with Crippen LogP contribution < -0.4 is 10.1 Å². The maximum absolute atomic E-state index is 5.80. The highest BCUT2D eigenvalue weighted by molar-refractivity contribution is 9.10. The summed E-state index contributed by atoms with van der Waals surface area (Å²) in [4.78, 5) is 0. The first-order chi connectivity index (χ1) is 9.54. The molecule has 0 amide bonds. The smallest absolute Gasteiger partial charge is 0.120 e. The summed E-state index contributed by atoms with van der Waals surface area (Å²) in [5.41, 5.74) is 1.29. The fraction of sp³-hybridized carbons (Fsp3) is 0.647. The molecule has 0 saturated heterocycles. The predicted octanol–water partition coefficient (Wildman–Crippen LogP) is 5.32. The van der Waals surface area contributed by atoms with Gasteiger partial charge in [0.2, 0.25) is 0 Å². The zero-order valence-electron chi connectivity index (χ0n) is 13.2. The largest absolute Gasteiger partial charge is 0.494 e. The molecule has 0 spiro atoms. The van der Waals surface area contributed by atoms with Gasteiger partial charge in [-0.1, -0.05) is 42.8 Å². The van der Waals surface area contributed by atoms with Crippen LogP contribution >= 0.6 is 15.9 Å². The zero-order valence-corrected chi connectivity index (χ0v) is 14.8. The van der Waals surface area contributed by atoms with Gasteiger partial charge in [-0.05, 0) is 56.3 Å². The molecule has 1 N–H and O–H groups in total. The summed E-state index contributed by atoms with van der Waals surface area (Å²) in [7, 11) is 0. The molecule has 0 bridgehead atoms. The molecule has 1 atom stereocenters. The van der Waals surface area contributed by atoms with Gasteiger partial charge in [0, 0.05) is 10.5 Å². The van der Waals surface area contributed by atoms with E-state index in [0.29, 0.717) is 6.04 Å². The van der Waals surface area contributed by atoms with Gasteiger partial charge in [-0.25, -0.2) is 0 Å². The summed E-state index contributed by atoms with van der Waals surface area (Å²) in [6, 6.07) is 6.66. The minimum atomic E-state index is 0.360. The molecule has 0 aliphatic rings. The topological polar surface area (TPSA) is 21.3 Å². The third-order valence-electron chi connectivity index (χ3n) is 3.33. The Hall–Kier alpha value is -0.540. The fourth-order valence-electron chi connectivity index (χ4n) is 2.10. The minimum Gasteiger partial charge on any atom is -0.494 e. The molecule has 0 aliphatic heterocycles. The first-order valence-electron chi connectivity index (χ1n) is 7.70. The second-order valence-corrected chi connectivity index (χ2v) is 6.60. The van der Waals surface area contributed by atoms with Gasteiger partial charge in [0.05, 0.1) is 6.61 Å². The van der Waals surface area contributed by atoms with Crippen LogP contribution in [0, 0.1) is 5.92 Å². The summed E-state index contributed by atoms with van der Waals surface area (Å²) in [6.07, 6.45) is 3.49. The standard InChI is InChI=1S/C17H28BrNO/c1-5-10-19-14(4)16-9-8-15(12-17(16)18)20-11-6-7-13(2)3/h8-9,12-14,19H,5-7,10-11H2,1-4H3. The highest BCUT2D eigenvalue weighted by Gasteiger charge is 2.09.